The summed E-state index contributed by atoms with van der Waals surface area (Å²) in [6.07, 6.45) is 4.90. The molecule has 8 heteroatoms. The maximum Gasteiger partial charge on any atom is 0.409 e. The first-order valence-electron chi connectivity index (χ1n) is 8.92. The third kappa shape index (κ3) is 2.88. The van der Waals surface area contributed by atoms with Crippen LogP contribution in [0.25, 0.3) is 0 Å². The van der Waals surface area contributed by atoms with Gasteiger partial charge >= 0.3 is 6.09 Å². The normalized spacial score (nSPS) is 28.3. The maximum atomic E-state index is 11.8. The standard InChI is InChI=1S/C16H25N5O3/c1-2-23-16(22)19-6-3-12(4-7-19)20-8-5-15-14(10-20)21-13(11-24-15)9-17-18-21/h9,12,14-15H,2-8,10-11H2,1H3/t14-,15-/m0/s1. The molecule has 1 amide bonds. The number of likely N-dealkylation sites (tertiary alicyclic amines) is 2. The van der Waals surface area contributed by atoms with E-state index in [2.05, 4.69) is 15.2 Å². The molecule has 0 aromatic carbocycles. The molecule has 2 saturated heterocycles. The number of amides is 1. The number of carbonyl (C=O) groups excluding carboxylic acids is 1. The Morgan fingerprint density at radius 2 is 2.17 bits per heavy atom. The zero-order valence-corrected chi connectivity index (χ0v) is 14.1. The minimum atomic E-state index is -0.178. The Balaban J connectivity index is 1.37. The van der Waals surface area contributed by atoms with Gasteiger partial charge in [0.15, 0.2) is 0 Å². The Morgan fingerprint density at radius 1 is 1.33 bits per heavy atom. The second kappa shape index (κ2) is 6.68. The Kier molecular flexibility index (Phi) is 4.41. The maximum absolute atomic E-state index is 11.8. The molecule has 132 valence electrons. The van der Waals surface area contributed by atoms with Gasteiger partial charge in [-0.1, -0.05) is 5.21 Å². The molecule has 0 saturated carbocycles. The van der Waals surface area contributed by atoms with Crippen molar-refractivity contribution >= 4 is 6.09 Å². The van der Waals surface area contributed by atoms with Gasteiger partial charge in [0.2, 0.25) is 0 Å². The van der Waals surface area contributed by atoms with Crippen LogP contribution in [0.1, 0.15) is 37.9 Å². The molecule has 0 N–H and O–H groups in total. The van der Waals surface area contributed by atoms with E-state index in [1.54, 1.807) is 6.20 Å². The predicted octanol–water partition coefficient (Wildman–Crippen LogP) is 1.04. The van der Waals surface area contributed by atoms with Crippen molar-refractivity contribution in [3.63, 3.8) is 0 Å². The molecule has 2 fully saturated rings. The van der Waals surface area contributed by atoms with Crippen molar-refractivity contribution in [1.82, 2.24) is 24.8 Å². The monoisotopic (exact) mass is 335 g/mol. The average molecular weight is 335 g/mol. The van der Waals surface area contributed by atoms with Gasteiger partial charge in [-0.3, -0.25) is 4.90 Å². The fourth-order valence-corrected chi connectivity index (χ4v) is 4.16. The van der Waals surface area contributed by atoms with Crippen molar-refractivity contribution in [2.75, 3.05) is 32.8 Å². The van der Waals surface area contributed by atoms with Gasteiger partial charge in [-0.25, -0.2) is 9.48 Å². The Hall–Kier alpha value is -1.67. The van der Waals surface area contributed by atoms with Crippen LogP contribution in [0.15, 0.2) is 6.20 Å². The quantitative estimate of drug-likeness (QED) is 0.804. The third-order valence-corrected chi connectivity index (χ3v) is 5.47. The smallest absolute Gasteiger partial charge is 0.409 e. The lowest BCUT2D eigenvalue weighted by Gasteiger charge is -2.45. The van der Waals surface area contributed by atoms with Crippen LogP contribution in [0.2, 0.25) is 0 Å². The van der Waals surface area contributed by atoms with Crippen LogP contribution >= 0.6 is 0 Å². The second-order valence-electron chi connectivity index (χ2n) is 6.79. The van der Waals surface area contributed by atoms with E-state index in [4.69, 9.17) is 9.47 Å². The summed E-state index contributed by atoms with van der Waals surface area (Å²) in [4.78, 5) is 16.2. The predicted molar refractivity (Wildman–Crippen MR) is 85.4 cm³/mol. The molecule has 0 aliphatic carbocycles. The number of hydrogen-bond acceptors (Lipinski definition) is 6. The molecule has 4 rings (SSSR count). The molecule has 1 aromatic heterocycles. The number of ether oxygens (including phenoxy) is 2. The van der Waals surface area contributed by atoms with E-state index in [1.807, 2.05) is 16.5 Å². The number of fused-ring (bicyclic) bond motifs is 3. The molecular weight excluding hydrogens is 310 g/mol. The summed E-state index contributed by atoms with van der Waals surface area (Å²) >= 11 is 0. The van der Waals surface area contributed by atoms with Crippen molar-refractivity contribution in [2.24, 2.45) is 0 Å². The zero-order valence-electron chi connectivity index (χ0n) is 14.1. The van der Waals surface area contributed by atoms with Crippen molar-refractivity contribution in [3.8, 4) is 0 Å². The minimum Gasteiger partial charge on any atom is -0.450 e. The van der Waals surface area contributed by atoms with Gasteiger partial charge < -0.3 is 14.4 Å². The van der Waals surface area contributed by atoms with E-state index in [1.165, 1.54) is 0 Å². The van der Waals surface area contributed by atoms with E-state index in [-0.39, 0.29) is 18.2 Å². The fraction of sp³-hybridized carbons (Fsp3) is 0.812. The summed E-state index contributed by atoms with van der Waals surface area (Å²) in [5, 5.41) is 8.30. The van der Waals surface area contributed by atoms with Gasteiger partial charge in [0.1, 0.15) is 0 Å². The van der Waals surface area contributed by atoms with Gasteiger partial charge in [0.05, 0.1) is 37.3 Å². The molecule has 3 aliphatic heterocycles. The van der Waals surface area contributed by atoms with E-state index in [0.29, 0.717) is 19.3 Å². The molecule has 2 atom stereocenters. The van der Waals surface area contributed by atoms with Crippen LogP contribution in [0.5, 0.6) is 0 Å². The first-order valence-corrected chi connectivity index (χ1v) is 8.92. The fourth-order valence-electron chi connectivity index (χ4n) is 4.16. The first kappa shape index (κ1) is 15.8. The van der Waals surface area contributed by atoms with Crippen molar-refractivity contribution < 1.29 is 14.3 Å². The highest BCUT2D eigenvalue weighted by Crippen LogP contribution is 2.32. The Labute approximate surface area is 141 Å². The summed E-state index contributed by atoms with van der Waals surface area (Å²) < 4.78 is 13.1. The largest absolute Gasteiger partial charge is 0.450 e. The van der Waals surface area contributed by atoms with Gasteiger partial charge in [-0.2, -0.15) is 0 Å². The van der Waals surface area contributed by atoms with Crippen molar-refractivity contribution in [3.05, 3.63) is 11.9 Å². The number of carbonyl (C=O) groups is 1. The molecule has 24 heavy (non-hydrogen) atoms. The molecule has 1 aromatic rings. The third-order valence-electron chi connectivity index (χ3n) is 5.47. The number of hydrogen-bond donors (Lipinski definition) is 0. The Bertz CT molecular complexity index is 584. The van der Waals surface area contributed by atoms with E-state index in [9.17, 15) is 4.79 Å². The molecule has 4 heterocycles. The first-order chi connectivity index (χ1) is 11.8. The van der Waals surface area contributed by atoms with Crippen LogP contribution in [0.4, 0.5) is 4.79 Å². The summed E-state index contributed by atoms with van der Waals surface area (Å²) in [6, 6.07) is 0.776. The number of nitrogens with zero attached hydrogens (tertiary/aromatic N) is 5. The van der Waals surface area contributed by atoms with Crippen LogP contribution in [0, 0.1) is 0 Å². The highest BCUT2D eigenvalue weighted by molar-refractivity contribution is 5.67. The second-order valence-corrected chi connectivity index (χ2v) is 6.79. The number of aromatic nitrogens is 3. The molecule has 3 aliphatic rings. The van der Waals surface area contributed by atoms with Gasteiger partial charge in [0.25, 0.3) is 0 Å². The molecule has 0 unspecified atom stereocenters. The summed E-state index contributed by atoms with van der Waals surface area (Å²) in [5.74, 6) is 0. The lowest BCUT2D eigenvalue weighted by Crippen LogP contribution is -2.54. The van der Waals surface area contributed by atoms with Crippen molar-refractivity contribution in [2.45, 2.75) is 51.0 Å². The van der Waals surface area contributed by atoms with Gasteiger partial charge in [0, 0.05) is 32.2 Å². The molecule has 8 nitrogen and oxygen atoms in total. The zero-order chi connectivity index (χ0) is 16.5. The van der Waals surface area contributed by atoms with E-state index >= 15 is 0 Å². The Morgan fingerprint density at radius 3 is 2.96 bits per heavy atom. The lowest BCUT2D eigenvalue weighted by molar-refractivity contribution is -0.0759. The number of rotatable bonds is 2. The summed E-state index contributed by atoms with van der Waals surface area (Å²) in [5.41, 5.74) is 1.07. The lowest BCUT2D eigenvalue weighted by atomic mass is 9.95. The molecule has 0 bridgehead atoms. The summed E-state index contributed by atoms with van der Waals surface area (Å²) in [6.45, 7) is 6.46. The summed E-state index contributed by atoms with van der Waals surface area (Å²) in [7, 11) is 0. The minimum absolute atomic E-state index is 0.178. The van der Waals surface area contributed by atoms with Crippen LogP contribution in [0.3, 0.4) is 0 Å². The van der Waals surface area contributed by atoms with E-state index in [0.717, 1.165) is 51.1 Å². The number of piperidine rings is 2. The SMILES string of the molecule is CCOC(=O)N1CCC(N2CC[C@@H]3OCc4cnnn4[C@H]3C2)CC1. The van der Waals surface area contributed by atoms with E-state index < -0.39 is 0 Å². The average Bonchev–Trinajstić information content (AvgIpc) is 3.11. The van der Waals surface area contributed by atoms with Crippen LogP contribution in [-0.2, 0) is 16.1 Å². The van der Waals surface area contributed by atoms with Crippen molar-refractivity contribution in [1.29, 1.82) is 0 Å². The molecule has 0 radical (unpaired) electrons. The molecular formula is C16H25N5O3. The van der Waals surface area contributed by atoms with Gasteiger partial charge in [-0.15, -0.1) is 5.10 Å². The van der Waals surface area contributed by atoms with Gasteiger partial charge in [-0.05, 0) is 26.2 Å². The highest BCUT2D eigenvalue weighted by Gasteiger charge is 2.39. The molecule has 0 spiro atoms. The van der Waals surface area contributed by atoms with Crippen LogP contribution in [-0.4, -0.2) is 75.8 Å². The topological polar surface area (TPSA) is 72.7 Å². The van der Waals surface area contributed by atoms with Crippen LogP contribution < -0.4 is 0 Å². The highest BCUT2D eigenvalue weighted by atomic mass is 16.6.